The molecule has 148 valence electrons. The molecule has 1 amide bonds. The molecule has 5 nitrogen and oxygen atoms in total. The van der Waals surface area contributed by atoms with Crippen molar-refractivity contribution in [2.75, 3.05) is 24.5 Å². The minimum Gasteiger partial charge on any atom is -0.309 e. The van der Waals surface area contributed by atoms with Crippen LogP contribution in [0, 0.1) is 11.7 Å². The summed E-state index contributed by atoms with van der Waals surface area (Å²) >= 11 is 0. The SMILES string of the molecule is O=C(C1CCN(S(=O)(=O)c2ccccc2)CC1)N1CCCc2cccc(F)c21. The molecule has 1 saturated heterocycles. The smallest absolute Gasteiger partial charge is 0.243 e. The second-order valence-electron chi connectivity index (χ2n) is 7.33. The Labute approximate surface area is 164 Å². The molecule has 0 aromatic heterocycles. The van der Waals surface area contributed by atoms with Crippen LogP contribution in [0.2, 0.25) is 0 Å². The molecule has 2 heterocycles. The summed E-state index contributed by atoms with van der Waals surface area (Å²) in [6.07, 6.45) is 2.48. The number of sulfonamides is 1. The van der Waals surface area contributed by atoms with Crippen LogP contribution in [0.5, 0.6) is 0 Å². The molecule has 2 aromatic rings. The number of fused-ring (bicyclic) bond motifs is 1. The van der Waals surface area contributed by atoms with Crippen molar-refractivity contribution in [1.82, 2.24) is 4.31 Å². The second kappa shape index (κ2) is 7.64. The number of halogens is 1. The quantitative estimate of drug-likeness (QED) is 0.792. The van der Waals surface area contributed by atoms with E-state index >= 15 is 0 Å². The minimum atomic E-state index is -3.54. The molecule has 0 spiro atoms. The van der Waals surface area contributed by atoms with E-state index in [0.29, 0.717) is 38.2 Å². The van der Waals surface area contributed by atoms with E-state index in [2.05, 4.69) is 0 Å². The lowest BCUT2D eigenvalue weighted by molar-refractivity contribution is -0.123. The number of rotatable bonds is 3. The summed E-state index contributed by atoms with van der Waals surface area (Å²) in [6, 6.07) is 13.3. The zero-order valence-electron chi connectivity index (χ0n) is 15.6. The van der Waals surface area contributed by atoms with Gasteiger partial charge in [-0.1, -0.05) is 30.3 Å². The Hall–Kier alpha value is -2.25. The van der Waals surface area contributed by atoms with Crippen LogP contribution in [-0.2, 0) is 21.2 Å². The molecule has 0 bridgehead atoms. The number of nitrogens with zero attached hydrogens (tertiary/aromatic N) is 2. The standard InChI is InChI=1S/C21H23FN2O3S/c22-19-10-4-6-16-7-5-13-24(20(16)19)21(25)17-11-14-23(15-12-17)28(26,27)18-8-2-1-3-9-18/h1-4,6,8-10,17H,5,7,11-15H2. The zero-order chi connectivity index (χ0) is 19.7. The molecule has 2 aliphatic rings. The van der Waals surface area contributed by atoms with Crippen LogP contribution in [0.25, 0.3) is 0 Å². The van der Waals surface area contributed by atoms with Crippen LogP contribution in [0.1, 0.15) is 24.8 Å². The van der Waals surface area contributed by atoms with Gasteiger partial charge in [-0.3, -0.25) is 4.79 Å². The maximum Gasteiger partial charge on any atom is 0.243 e. The lowest BCUT2D eigenvalue weighted by Crippen LogP contribution is -2.46. The monoisotopic (exact) mass is 402 g/mol. The number of aryl methyl sites for hydroxylation is 1. The number of hydrogen-bond donors (Lipinski definition) is 0. The third kappa shape index (κ3) is 3.44. The first-order valence-electron chi connectivity index (χ1n) is 9.62. The molecule has 1 fully saturated rings. The molecule has 0 radical (unpaired) electrons. The maximum absolute atomic E-state index is 14.4. The Kier molecular flexibility index (Phi) is 5.21. The van der Waals surface area contributed by atoms with Crippen LogP contribution >= 0.6 is 0 Å². The molecule has 28 heavy (non-hydrogen) atoms. The Morgan fingerprint density at radius 2 is 1.68 bits per heavy atom. The van der Waals surface area contributed by atoms with Crippen LogP contribution in [0.4, 0.5) is 10.1 Å². The molecule has 7 heteroatoms. The lowest BCUT2D eigenvalue weighted by atomic mass is 9.94. The van der Waals surface area contributed by atoms with Gasteiger partial charge in [0.2, 0.25) is 15.9 Å². The number of para-hydroxylation sites is 1. The molecule has 0 unspecified atom stereocenters. The first-order valence-corrected chi connectivity index (χ1v) is 11.1. The first-order chi connectivity index (χ1) is 13.5. The van der Waals surface area contributed by atoms with Crippen molar-refractivity contribution < 1.29 is 17.6 Å². The fraction of sp³-hybridized carbons (Fsp3) is 0.381. The average Bonchev–Trinajstić information content (AvgIpc) is 2.74. The van der Waals surface area contributed by atoms with E-state index in [0.717, 1.165) is 18.4 Å². The van der Waals surface area contributed by atoms with Crippen LogP contribution in [0.15, 0.2) is 53.4 Å². The highest BCUT2D eigenvalue weighted by Gasteiger charge is 2.35. The van der Waals surface area contributed by atoms with Gasteiger partial charge >= 0.3 is 0 Å². The van der Waals surface area contributed by atoms with Gasteiger partial charge in [-0.25, -0.2) is 12.8 Å². The third-order valence-electron chi connectivity index (χ3n) is 5.62. The van der Waals surface area contributed by atoms with Gasteiger partial charge in [-0.15, -0.1) is 0 Å². The van der Waals surface area contributed by atoms with Crippen molar-refractivity contribution in [3.8, 4) is 0 Å². The van der Waals surface area contributed by atoms with Crippen molar-refractivity contribution >= 4 is 21.6 Å². The minimum absolute atomic E-state index is 0.0946. The molecule has 0 saturated carbocycles. The third-order valence-corrected chi connectivity index (χ3v) is 7.53. The van der Waals surface area contributed by atoms with Crippen LogP contribution in [-0.4, -0.2) is 38.3 Å². The predicted octanol–water partition coefficient (Wildman–Crippen LogP) is 3.21. The van der Waals surface area contributed by atoms with Gasteiger partial charge in [0.05, 0.1) is 10.6 Å². The van der Waals surface area contributed by atoms with Crippen molar-refractivity contribution in [3.63, 3.8) is 0 Å². The Bertz CT molecular complexity index is 970. The Morgan fingerprint density at radius 3 is 2.39 bits per heavy atom. The summed E-state index contributed by atoms with van der Waals surface area (Å²) in [5.74, 6) is -0.745. The van der Waals surface area contributed by atoms with Gasteiger partial charge in [0, 0.05) is 25.6 Å². The molecule has 2 aromatic carbocycles. The summed E-state index contributed by atoms with van der Waals surface area (Å²) in [4.78, 5) is 14.9. The average molecular weight is 402 g/mol. The number of piperidine rings is 1. The van der Waals surface area contributed by atoms with Crippen molar-refractivity contribution in [2.24, 2.45) is 5.92 Å². The number of hydrogen-bond acceptors (Lipinski definition) is 3. The lowest BCUT2D eigenvalue weighted by Gasteiger charge is -2.36. The van der Waals surface area contributed by atoms with E-state index in [9.17, 15) is 17.6 Å². The van der Waals surface area contributed by atoms with Crippen molar-refractivity contribution in [1.29, 1.82) is 0 Å². The highest BCUT2D eigenvalue weighted by molar-refractivity contribution is 7.89. The van der Waals surface area contributed by atoms with Gasteiger partial charge in [0.25, 0.3) is 0 Å². The number of carbonyl (C=O) groups is 1. The van der Waals surface area contributed by atoms with E-state index in [-0.39, 0.29) is 22.5 Å². The summed E-state index contributed by atoms with van der Waals surface area (Å²) in [5.41, 5.74) is 1.27. The van der Waals surface area contributed by atoms with E-state index in [1.165, 1.54) is 10.4 Å². The number of amides is 1. The van der Waals surface area contributed by atoms with Gasteiger partial charge in [0.15, 0.2) is 0 Å². The van der Waals surface area contributed by atoms with E-state index < -0.39 is 10.0 Å². The fourth-order valence-corrected chi connectivity index (χ4v) is 5.62. The molecule has 0 aliphatic carbocycles. The molecule has 2 aliphatic heterocycles. The summed E-state index contributed by atoms with van der Waals surface area (Å²) in [5, 5.41) is 0. The van der Waals surface area contributed by atoms with Crippen LogP contribution < -0.4 is 4.90 Å². The van der Waals surface area contributed by atoms with E-state index in [4.69, 9.17) is 0 Å². The van der Waals surface area contributed by atoms with Crippen molar-refractivity contribution in [2.45, 2.75) is 30.6 Å². The molecule has 4 rings (SSSR count). The fourth-order valence-electron chi connectivity index (χ4n) is 4.13. The highest BCUT2D eigenvalue weighted by atomic mass is 32.2. The van der Waals surface area contributed by atoms with Gasteiger partial charge in [-0.05, 0) is 49.4 Å². The Morgan fingerprint density at radius 1 is 0.964 bits per heavy atom. The first kappa shape index (κ1) is 19.1. The topological polar surface area (TPSA) is 57.7 Å². The van der Waals surface area contributed by atoms with Crippen molar-refractivity contribution in [3.05, 3.63) is 59.9 Å². The number of benzene rings is 2. The van der Waals surface area contributed by atoms with Gasteiger partial charge in [-0.2, -0.15) is 4.31 Å². The maximum atomic E-state index is 14.4. The zero-order valence-corrected chi connectivity index (χ0v) is 16.4. The predicted molar refractivity (Wildman–Crippen MR) is 105 cm³/mol. The number of anilines is 1. The normalized spacial score (nSPS) is 18.7. The van der Waals surface area contributed by atoms with Gasteiger partial charge in [0.1, 0.15) is 5.82 Å². The highest BCUT2D eigenvalue weighted by Crippen LogP contribution is 2.33. The molecular formula is C21H23FN2O3S. The summed E-state index contributed by atoms with van der Waals surface area (Å²) in [6.45, 7) is 1.10. The summed E-state index contributed by atoms with van der Waals surface area (Å²) in [7, 11) is -3.54. The second-order valence-corrected chi connectivity index (χ2v) is 9.27. The van der Waals surface area contributed by atoms with Gasteiger partial charge < -0.3 is 4.90 Å². The number of carbonyl (C=O) groups excluding carboxylic acids is 1. The van der Waals surface area contributed by atoms with Crippen LogP contribution in [0.3, 0.4) is 0 Å². The summed E-state index contributed by atoms with van der Waals surface area (Å²) < 4.78 is 41.3. The molecular weight excluding hydrogens is 379 g/mol. The van der Waals surface area contributed by atoms with E-state index in [1.807, 2.05) is 6.07 Å². The van der Waals surface area contributed by atoms with E-state index in [1.54, 1.807) is 41.3 Å². The molecule has 0 N–H and O–H groups in total. The Balaban J connectivity index is 1.47. The largest absolute Gasteiger partial charge is 0.309 e. The molecule has 0 atom stereocenters.